The number of carbonyl (C=O) groups excluding carboxylic acids is 5. The minimum Gasteiger partial charge on any atom is -0.508 e. The van der Waals surface area contributed by atoms with Gasteiger partial charge in [0, 0.05) is 40.7 Å². The summed E-state index contributed by atoms with van der Waals surface area (Å²) in [6, 6.07) is 11.1. The van der Waals surface area contributed by atoms with Crippen molar-refractivity contribution in [1.29, 1.82) is 0 Å². The first-order valence-corrected chi connectivity index (χ1v) is 18.1. The lowest BCUT2D eigenvalue weighted by atomic mass is 9.51. The van der Waals surface area contributed by atoms with Crippen LogP contribution in [0.15, 0.2) is 65.9 Å². The number of amides is 6. The number of phenols is 1. The summed E-state index contributed by atoms with van der Waals surface area (Å²) in [6.45, 7) is 3.78. The molecule has 0 spiro atoms. The predicted octanol–water partition coefficient (Wildman–Crippen LogP) is 5.63. The zero-order chi connectivity index (χ0) is 36.5. The van der Waals surface area contributed by atoms with Crippen LogP contribution in [-0.4, -0.2) is 49.4 Å². The van der Waals surface area contributed by atoms with Crippen LogP contribution in [0, 0.1) is 41.9 Å². The second-order valence-electron chi connectivity index (χ2n) is 14.5. The summed E-state index contributed by atoms with van der Waals surface area (Å²) in [4.78, 5) is 71.7. The van der Waals surface area contributed by atoms with E-state index in [-0.39, 0.29) is 18.6 Å². The lowest BCUT2D eigenvalue weighted by molar-refractivity contribution is -0.137. The number of hydrogen-bond donors (Lipinski definition) is 2. The Morgan fingerprint density at radius 3 is 2.63 bits per heavy atom. The van der Waals surface area contributed by atoms with Crippen LogP contribution in [-0.2, 0) is 32.6 Å². The fourth-order valence-electron chi connectivity index (χ4n) is 9.50. The highest BCUT2D eigenvalue weighted by Crippen LogP contribution is 2.63. The number of aromatic hydroxyl groups is 1. The number of phenolic OH excluding ortho intramolecular Hbond substituents is 1. The Labute approximate surface area is 306 Å². The third kappa shape index (κ3) is 4.32. The number of fused-ring (bicyclic) bond motifs is 6. The van der Waals surface area contributed by atoms with Crippen molar-refractivity contribution in [3.8, 4) is 22.1 Å². The maximum absolute atomic E-state index is 15.1. The molecule has 0 unspecified atom stereocenters. The molecule has 5 heterocycles. The van der Waals surface area contributed by atoms with Gasteiger partial charge < -0.3 is 15.6 Å². The number of imide groups is 4. The van der Waals surface area contributed by atoms with Crippen molar-refractivity contribution in [2.75, 3.05) is 4.90 Å². The van der Waals surface area contributed by atoms with Crippen LogP contribution in [0.3, 0.4) is 0 Å². The van der Waals surface area contributed by atoms with E-state index in [4.69, 9.17) is 27.2 Å². The largest absolute Gasteiger partial charge is 0.508 e. The molecule has 2 aromatic carbocycles. The van der Waals surface area contributed by atoms with Crippen molar-refractivity contribution in [2.45, 2.75) is 33.1 Å². The SMILES string of the molecule is Cc1c(-c2cc(N3C(=O)[C@@H]4C[C@@H]5C(=CC[C@@H]6C(=O)N(C(N)=O)C(=O)[C@@H]65)[C@H](C5=COc6ccc(O)cc6C5)[C@]4(C)C3=O)n(C)n2)sc2ccc(Cl)cc12. The number of nitrogens with two attached hydrogens (primary N) is 1. The van der Waals surface area contributed by atoms with Crippen LogP contribution < -0.4 is 15.4 Å². The number of aryl methyl sites for hydroxylation is 2. The number of thiophene rings is 1. The number of benzene rings is 2. The Morgan fingerprint density at radius 1 is 1.08 bits per heavy atom. The topological polar surface area (TPSA) is 165 Å². The van der Waals surface area contributed by atoms with Gasteiger partial charge >= 0.3 is 6.03 Å². The summed E-state index contributed by atoms with van der Waals surface area (Å²) in [6.07, 6.45) is 4.08. The number of aromatic nitrogens is 2. The van der Waals surface area contributed by atoms with E-state index in [0.29, 0.717) is 44.7 Å². The van der Waals surface area contributed by atoms with Crippen molar-refractivity contribution >= 4 is 68.5 Å². The molecular weight excluding hydrogens is 706 g/mol. The Bertz CT molecular complexity index is 2410. The van der Waals surface area contributed by atoms with Crippen LogP contribution in [0.25, 0.3) is 20.7 Å². The van der Waals surface area contributed by atoms with E-state index in [2.05, 4.69) is 0 Å². The fraction of sp³-hybridized carbons (Fsp3) is 0.316. The molecule has 5 aliphatic rings. The zero-order valence-corrected chi connectivity index (χ0v) is 29.8. The summed E-state index contributed by atoms with van der Waals surface area (Å²) in [5, 5.41) is 16.7. The van der Waals surface area contributed by atoms with Gasteiger partial charge in [-0.1, -0.05) is 23.3 Å². The molecule has 2 saturated heterocycles. The van der Waals surface area contributed by atoms with Crippen LogP contribution in [0.5, 0.6) is 11.5 Å². The summed E-state index contributed by atoms with van der Waals surface area (Å²) in [7, 11) is 1.69. The van der Waals surface area contributed by atoms with Crippen LogP contribution in [0.2, 0.25) is 5.02 Å². The number of primary amides is 1. The Kier molecular flexibility index (Phi) is 6.97. The number of rotatable bonds is 3. The molecule has 2 aliphatic carbocycles. The number of urea groups is 1. The lowest BCUT2D eigenvalue weighted by Crippen LogP contribution is -2.51. The van der Waals surface area contributed by atoms with Gasteiger partial charge in [-0.2, -0.15) is 10.00 Å². The average molecular weight is 738 g/mol. The maximum atomic E-state index is 15.1. The fourth-order valence-corrected chi connectivity index (χ4v) is 10.8. The Hall–Kier alpha value is -5.27. The molecule has 264 valence electrons. The number of hydrogen-bond acceptors (Lipinski definition) is 9. The third-order valence-electron chi connectivity index (χ3n) is 11.9. The molecule has 52 heavy (non-hydrogen) atoms. The van der Waals surface area contributed by atoms with E-state index in [9.17, 15) is 24.3 Å². The highest BCUT2D eigenvalue weighted by atomic mass is 35.5. The van der Waals surface area contributed by atoms with Gasteiger partial charge in [0.2, 0.25) is 23.6 Å². The smallest absolute Gasteiger partial charge is 0.328 e. The molecule has 0 radical (unpaired) electrons. The van der Waals surface area contributed by atoms with E-state index < -0.39 is 64.7 Å². The molecule has 6 atom stereocenters. The summed E-state index contributed by atoms with van der Waals surface area (Å²) >= 11 is 7.84. The first kappa shape index (κ1) is 32.6. The molecule has 3 N–H and O–H groups in total. The molecular formula is C38H32ClN5O7S. The van der Waals surface area contributed by atoms with Crippen LogP contribution in [0.4, 0.5) is 10.6 Å². The number of ether oxygens (including phenoxy) is 1. The quantitative estimate of drug-likeness (QED) is 0.202. The van der Waals surface area contributed by atoms with Crippen molar-refractivity contribution in [3.05, 3.63) is 82.1 Å². The van der Waals surface area contributed by atoms with Gasteiger partial charge in [0.15, 0.2) is 0 Å². The van der Waals surface area contributed by atoms with Gasteiger partial charge in [-0.3, -0.25) is 23.9 Å². The molecule has 2 aromatic heterocycles. The van der Waals surface area contributed by atoms with Crippen molar-refractivity contribution in [3.63, 3.8) is 0 Å². The van der Waals surface area contributed by atoms with Gasteiger partial charge in [0.05, 0.1) is 34.3 Å². The highest BCUT2D eigenvalue weighted by Gasteiger charge is 2.68. The van der Waals surface area contributed by atoms with E-state index in [1.165, 1.54) is 15.6 Å². The average Bonchev–Trinajstić information content (AvgIpc) is 3.77. The van der Waals surface area contributed by atoms with Gasteiger partial charge in [-0.15, -0.1) is 11.3 Å². The molecule has 3 aliphatic heterocycles. The normalized spacial score (nSPS) is 28.0. The molecule has 3 fully saturated rings. The predicted molar refractivity (Wildman–Crippen MR) is 191 cm³/mol. The monoisotopic (exact) mass is 737 g/mol. The van der Waals surface area contributed by atoms with Crippen LogP contribution in [0.1, 0.15) is 30.9 Å². The standard InChI is InChI=1S/C38H32ClN5O7S/c1-16-23-12-19(39)4-9-28(23)52-32(16)26-14-29(42(3)41-26)43-34(47)25-13-24-21(6-7-22-30(24)35(48)44(33(22)46)37(40)50)31(38(25,2)36(43)49)18-10-17-11-20(45)5-8-27(17)51-15-18/h4-6,8-9,11-12,14-15,22,24-25,30-31,45H,7,10,13H2,1-3H3,(H2,40,50)/t22-,24+,25-,30-,31-,38+/m0/s1. The van der Waals surface area contributed by atoms with Crippen molar-refractivity contribution in [1.82, 2.24) is 14.7 Å². The Balaban J connectivity index is 1.16. The molecule has 14 heteroatoms. The highest BCUT2D eigenvalue weighted by molar-refractivity contribution is 7.22. The van der Waals surface area contributed by atoms with E-state index in [1.807, 2.05) is 31.2 Å². The van der Waals surface area contributed by atoms with Crippen LogP contribution >= 0.6 is 22.9 Å². The van der Waals surface area contributed by atoms with Crippen molar-refractivity contribution < 1.29 is 33.8 Å². The second-order valence-corrected chi connectivity index (χ2v) is 16.0. The molecule has 6 amide bonds. The van der Waals surface area contributed by atoms with E-state index >= 15 is 4.79 Å². The molecule has 1 saturated carbocycles. The first-order chi connectivity index (χ1) is 24.8. The summed E-state index contributed by atoms with van der Waals surface area (Å²) in [5.41, 5.74) is 7.89. The number of allylic oxidation sites excluding steroid dienone is 3. The zero-order valence-electron chi connectivity index (χ0n) is 28.3. The summed E-state index contributed by atoms with van der Waals surface area (Å²) in [5.74, 6) is -5.23. The molecule has 0 bridgehead atoms. The number of anilines is 1. The van der Waals surface area contributed by atoms with Crippen molar-refractivity contribution in [2.24, 2.45) is 47.8 Å². The van der Waals surface area contributed by atoms with Gasteiger partial charge in [0.1, 0.15) is 23.0 Å². The van der Waals surface area contributed by atoms with E-state index in [1.54, 1.807) is 49.8 Å². The van der Waals surface area contributed by atoms with E-state index in [0.717, 1.165) is 26.1 Å². The number of nitrogens with zero attached hydrogens (tertiary/aromatic N) is 4. The molecule has 4 aromatic rings. The number of halogens is 1. The molecule has 12 nitrogen and oxygen atoms in total. The van der Waals surface area contributed by atoms with Gasteiger partial charge in [-0.25, -0.2) is 9.69 Å². The number of likely N-dealkylation sites (tertiary alicyclic amines) is 1. The number of carbonyl (C=O) groups is 5. The van der Waals surface area contributed by atoms with Gasteiger partial charge in [-0.05, 0) is 85.5 Å². The molecule has 9 rings (SSSR count). The third-order valence-corrected chi connectivity index (χ3v) is 13.4. The maximum Gasteiger partial charge on any atom is 0.328 e. The van der Waals surface area contributed by atoms with Gasteiger partial charge in [0.25, 0.3) is 0 Å². The lowest BCUT2D eigenvalue weighted by Gasteiger charge is -2.49. The first-order valence-electron chi connectivity index (χ1n) is 17.0. The minimum atomic E-state index is -1.32. The summed E-state index contributed by atoms with van der Waals surface area (Å²) < 4.78 is 8.62. The second kappa shape index (κ2) is 11.1. The minimum absolute atomic E-state index is 0.0535. The Morgan fingerprint density at radius 2 is 1.87 bits per heavy atom.